The van der Waals surface area contributed by atoms with Crippen molar-refractivity contribution in [3.63, 3.8) is 0 Å². The van der Waals surface area contributed by atoms with Gasteiger partial charge in [-0.2, -0.15) is 0 Å². The smallest absolute Gasteiger partial charge is 0.220 e. The minimum Gasteiger partial charge on any atom is -0.394 e. The van der Waals surface area contributed by atoms with Crippen LogP contribution in [0.2, 0.25) is 0 Å². The van der Waals surface area contributed by atoms with E-state index in [4.69, 9.17) is 18.9 Å². The van der Waals surface area contributed by atoms with Crippen molar-refractivity contribution in [2.75, 3.05) is 19.8 Å². The molecule has 14 nitrogen and oxygen atoms in total. The zero-order valence-corrected chi connectivity index (χ0v) is 53.5. The maximum atomic E-state index is 13.3. The van der Waals surface area contributed by atoms with Gasteiger partial charge < -0.3 is 65.1 Å². The molecule has 83 heavy (non-hydrogen) atoms. The lowest BCUT2D eigenvalue weighted by Gasteiger charge is -2.46. The molecule has 0 saturated carbocycles. The van der Waals surface area contributed by atoms with Crippen LogP contribution in [-0.2, 0) is 23.7 Å². The Labute approximate surface area is 507 Å². The predicted molar refractivity (Wildman–Crippen MR) is 337 cm³/mol. The van der Waals surface area contributed by atoms with Gasteiger partial charge in [0.05, 0.1) is 32.0 Å². The number of carbonyl (C=O) groups excluding carboxylic acids is 1. The third kappa shape index (κ3) is 39.4. The third-order valence-corrected chi connectivity index (χ3v) is 17.7. The molecule has 2 aliphatic heterocycles. The van der Waals surface area contributed by atoms with E-state index < -0.39 is 86.8 Å². The fourth-order valence-electron chi connectivity index (χ4n) is 12.1. The number of rotatable bonds is 59. The Bertz CT molecular complexity index is 1440. The fourth-order valence-corrected chi connectivity index (χ4v) is 12.1. The van der Waals surface area contributed by atoms with Crippen LogP contribution in [0.1, 0.15) is 328 Å². The predicted octanol–water partition coefficient (Wildman–Crippen LogP) is 14.2. The molecule has 12 unspecified atom stereocenters. The van der Waals surface area contributed by atoms with Gasteiger partial charge in [0.2, 0.25) is 5.91 Å². The number of hydrogen-bond acceptors (Lipinski definition) is 13. The maximum absolute atomic E-state index is 13.3. The number of carbonyl (C=O) groups is 1. The summed E-state index contributed by atoms with van der Waals surface area (Å²) in [5.41, 5.74) is 0. The van der Waals surface area contributed by atoms with E-state index in [0.717, 1.165) is 38.5 Å². The molecular formula is C69H133NO13. The Morgan fingerprint density at radius 1 is 0.422 bits per heavy atom. The topological polar surface area (TPSA) is 228 Å². The molecule has 2 aliphatic rings. The first-order valence-electron chi connectivity index (χ1n) is 35.4. The van der Waals surface area contributed by atoms with Gasteiger partial charge in [0.15, 0.2) is 12.6 Å². The summed E-state index contributed by atoms with van der Waals surface area (Å²) in [5.74, 6) is -0.234. The molecule has 1 amide bonds. The Morgan fingerprint density at radius 3 is 1.11 bits per heavy atom. The first-order chi connectivity index (χ1) is 40.6. The van der Waals surface area contributed by atoms with Crippen LogP contribution in [0.25, 0.3) is 0 Å². The molecule has 0 aromatic rings. The van der Waals surface area contributed by atoms with Gasteiger partial charge in [-0.3, -0.25) is 4.79 Å². The van der Waals surface area contributed by atoms with Crippen LogP contribution in [0, 0.1) is 0 Å². The van der Waals surface area contributed by atoms with Crippen LogP contribution < -0.4 is 5.32 Å². The van der Waals surface area contributed by atoms with Crippen molar-refractivity contribution >= 4 is 5.91 Å². The second-order valence-electron chi connectivity index (χ2n) is 25.4. The molecule has 0 spiro atoms. The summed E-state index contributed by atoms with van der Waals surface area (Å²) < 4.78 is 22.8. The standard InChI is InChI=1S/C69H133NO13/c1-3-5-7-9-11-13-15-16-17-18-19-20-21-22-23-24-25-26-27-28-29-30-31-32-33-34-35-36-37-38-39-40-41-42-43-45-47-49-51-53-61(74)70-57(58(73)52-50-48-46-44-14-12-10-8-6-4-2)56-80-68-66(79)64(77)67(60(55-72)82-68)83-69-65(78)63(76)62(75)59(54-71)81-69/h50,52,57-60,62-69,71-73,75-79H,3-49,51,53-56H2,1-2H3,(H,70,74)/b52-50+. The first-order valence-corrected chi connectivity index (χ1v) is 35.4. The number of ether oxygens (including phenoxy) is 4. The highest BCUT2D eigenvalue weighted by Crippen LogP contribution is 2.30. The van der Waals surface area contributed by atoms with Crippen LogP contribution in [0.15, 0.2) is 12.2 Å². The SMILES string of the molecule is CCCCCCCCCC/C=C/C(O)C(COC1OC(CO)C(OC2OC(CO)C(O)C(O)C2O)C(O)C1O)NC(=O)CCCCCCCCCCCCCCCCCCCCCCCCCCCCCCCCCCCCCCCCC. The van der Waals surface area contributed by atoms with Crippen LogP contribution in [0.3, 0.4) is 0 Å². The molecule has 0 radical (unpaired) electrons. The second-order valence-corrected chi connectivity index (χ2v) is 25.4. The molecule has 9 N–H and O–H groups in total. The Hall–Kier alpha value is -1.27. The first kappa shape index (κ1) is 77.8. The monoisotopic (exact) mass is 1180 g/mol. The van der Waals surface area contributed by atoms with Crippen molar-refractivity contribution in [2.24, 2.45) is 0 Å². The van der Waals surface area contributed by atoms with Gasteiger partial charge in [0, 0.05) is 6.42 Å². The lowest BCUT2D eigenvalue weighted by molar-refractivity contribution is -0.359. The van der Waals surface area contributed by atoms with Crippen LogP contribution in [-0.4, -0.2) is 140 Å². The van der Waals surface area contributed by atoms with Gasteiger partial charge in [-0.1, -0.05) is 315 Å². The normalized spacial score (nSPS) is 23.8. The van der Waals surface area contributed by atoms with E-state index >= 15 is 0 Å². The number of amides is 1. The summed E-state index contributed by atoms with van der Waals surface area (Å²) in [5, 5.41) is 87.0. The van der Waals surface area contributed by atoms with Crippen LogP contribution >= 0.6 is 0 Å². The molecular weight excluding hydrogens is 1050 g/mol. The molecule has 0 bridgehead atoms. The highest BCUT2D eigenvalue weighted by Gasteiger charge is 2.51. The molecule has 2 rings (SSSR count). The van der Waals surface area contributed by atoms with E-state index in [0.29, 0.717) is 6.42 Å². The highest BCUT2D eigenvalue weighted by atomic mass is 16.7. The lowest BCUT2D eigenvalue weighted by Crippen LogP contribution is -2.65. The van der Waals surface area contributed by atoms with E-state index in [1.54, 1.807) is 6.08 Å². The molecule has 0 aromatic heterocycles. The fraction of sp³-hybridized carbons (Fsp3) is 0.957. The van der Waals surface area contributed by atoms with E-state index in [9.17, 15) is 45.6 Å². The summed E-state index contributed by atoms with van der Waals surface area (Å²) in [6, 6.07) is -0.909. The Kier molecular flexibility index (Phi) is 51.4. The van der Waals surface area contributed by atoms with Gasteiger partial charge in [-0.25, -0.2) is 0 Å². The van der Waals surface area contributed by atoms with Crippen molar-refractivity contribution in [1.82, 2.24) is 5.32 Å². The summed E-state index contributed by atoms with van der Waals surface area (Å²) >= 11 is 0. The number of hydrogen-bond donors (Lipinski definition) is 9. The highest BCUT2D eigenvalue weighted by molar-refractivity contribution is 5.76. The minimum atomic E-state index is -1.79. The Balaban J connectivity index is 1.50. The summed E-state index contributed by atoms with van der Waals surface area (Å²) in [6.45, 7) is 2.81. The van der Waals surface area contributed by atoms with Gasteiger partial charge >= 0.3 is 0 Å². The average Bonchev–Trinajstić information content (AvgIpc) is 3.51. The van der Waals surface area contributed by atoms with Crippen molar-refractivity contribution < 1.29 is 64.6 Å². The number of aliphatic hydroxyl groups excluding tert-OH is 8. The third-order valence-electron chi connectivity index (χ3n) is 17.7. The van der Waals surface area contributed by atoms with Crippen LogP contribution in [0.5, 0.6) is 0 Å². The largest absolute Gasteiger partial charge is 0.394 e. The lowest BCUT2D eigenvalue weighted by atomic mass is 9.97. The van der Waals surface area contributed by atoms with Crippen molar-refractivity contribution in [3.05, 3.63) is 12.2 Å². The number of allylic oxidation sites excluding steroid dienone is 1. The molecule has 0 aromatic carbocycles. The van der Waals surface area contributed by atoms with Crippen LogP contribution in [0.4, 0.5) is 0 Å². The van der Waals surface area contributed by atoms with Gasteiger partial charge in [0.25, 0.3) is 0 Å². The van der Waals surface area contributed by atoms with Gasteiger partial charge in [-0.15, -0.1) is 0 Å². The van der Waals surface area contributed by atoms with Crippen molar-refractivity contribution in [3.8, 4) is 0 Å². The molecule has 12 atom stereocenters. The summed E-state index contributed by atoms with van der Waals surface area (Å²) in [7, 11) is 0. The quantitative estimate of drug-likeness (QED) is 0.0204. The molecule has 2 fully saturated rings. The average molecular weight is 1180 g/mol. The molecule has 0 aliphatic carbocycles. The summed E-state index contributed by atoms with van der Waals surface area (Å²) in [4.78, 5) is 13.3. The number of unbranched alkanes of at least 4 members (excludes halogenated alkanes) is 46. The molecule has 2 heterocycles. The van der Waals surface area contributed by atoms with E-state index in [1.807, 2.05) is 6.08 Å². The zero-order chi connectivity index (χ0) is 60.2. The second kappa shape index (κ2) is 54.8. The van der Waals surface area contributed by atoms with E-state index in [2.05, 4.69) is 19.2 Å². The minimum absolute atomic E-state index is 0.234. The van der Waals surface area contributed by atoms with Crippen molar-refractivity contribution in [2.45, 2.75) is 402 Å². The number of nitrogens with one attached hydrogen (secondary N) is 1. The molecule has 2 saturated heterocycles. The van der Waals surface area contributed by atoms with Gasteiger partial charge in [-0.05, 0) is 19.3 Å². The van der Waals surface area contributed by atoms with E-state index in [-0.39, 0.29) is 18.9 Å². The maximum Gasteiger partial charge on any atom is 0.220 e. The number of aliphatic hydroxyl groups is 8. The zero-order valence-electron chi connectivity index (χ0n) is 53.5. The summed E-state index contributed by atoms with van der Waals surface area (Å²) in [6.07, 6.45) is 50.5. The Morgan fingerprint density at radius 2 is 0.747 bits per heavy atom. The van der Waals surface area contributed by atoms with Gasteiger partial charge in [0.1, 0.15) is 48.8 Å². The molecule has 492 valence electrons. The molecule has 14 heteroatoms. The van der Waals surface area contributed by atoms with E-state index in [1.165, 1.54) is 263 Å². The van der Waals surface area contributed by atoms with Crippen molar-refractivity contribution in [1.29, 1.82) is 0 Å².